The summed E-state index contributed by atoms with van der Waals surface area (Å²) in [6.07, 6.45) is 3.96. The van der Waals surface area contributed by atoms with Gasteiger partial charge in [-0.05, 0) is 59.0 Å². The van der Waals surface area contributed by atoms with E-state index in [4.69, 9.17) is 21.1 Å². The van der Waals surface area contributed by atoms with Gasteiger partial charge in [0.25, 0.3) is 0 Å². The lowest BCUT2D eigenvalue weighted by Crippen LogP contribution is -2.08. The molecule has 0 N–H and O–H groups in total. The van der Waals surface area contributed by atoms with Gasteiger partial charge in [0.1, 0.15) is 16.0 Å². The summed E-state index contributed by atoms with van der Waals surface area (Å²) >= 11 is 10.2. The van der Waals surface area contributed by atoms with Crippen molar-refractivity contribution in [2.24, 2.45) is 17.8 Å². The van der Waals surface area contributed by atoms with Crippen molar-refractivity contribution in [2.75, 3.05) is 14.2 Å². The zero-order chi connectivity index (χ0) is 13.6. The van der Waals surface area contributed by atoms with Gasteiger partial charge in [-0.3, -0.25) is 0 Å². The number of methoxy groups -OCH3 is 2. The average molecular weight is 346 g/mol. The van der Waals surface area contributed by atoms with Crippen LogP contribution < -0.4 is 9.47 Å². The minimum atomic E-state index is 0.0324. The van der Waals surface area contributed by atoms with E-state index in [9.17, 15) is 0 Å². The molecule has 0 aromatic heterocycles. The van der Waals surface area contributed by atoms with Crippen LogP contribution in [-0.2, 0) is 0 Å². The minimum Gasteiger partial charge on any atom is -0.495 e. The van der Waals surface area contributed by atoms with Crippen LogP contribution in [0, 0.1) is 17.8 Å². The van der Waals surface area contributed by atoms with E-state index in [2.05, 4.69) is 15.9 Å². The molecule has 0 aliphatic heterocycles. The Balaban J connectivity index is 1.88. The van der Waals surface area contributed by atoms with Crippen LogP contribution in [0.1, 0.15) is 30.2 Å². The third-order valence-electron chi connectivity index (χ3n) is 4.51. The Labute approximate surface area is 127 Å². The van der Waals surface area contributed by atoms with E-state index in [-0.39, 0.29) is 5.38 Å². The van der Waals surface area contributed by atoms with Crippen LogP contribution in [0.25, 0.3) is 0 Å². The largest absolute Gasteiger partial charge is 0.495 e. The molecule has 2 nitrogen and oxygen atoms in total. The Hall–Kier alpha value is -0.410. The molecule has 2 saturated carbocycles. The summed E-state index contributed by atoms with van der Waals surface area (Å²) in [5, 5.41) is 0.0324. The van der Waals surface area contributed by atoms with Crippen molar-refractivity contribution in [3.8, 4) is 11.5 Å². The average Bonchev–Trinajstić information content (AvgIpc) is 3.04. The zero-order valence-corrected chi connectivity index (χ0v) is 13.5. The van der Waals surface area contributed by atoms with Crippen LogP contribution in [0.15, 0.2) is 16.6 Å². The van der Waals surface area contributed by atoms with Crippen molar-refractivity contribution in [1.82, 2.24) is 0 Å². The van der Waals surface area contributed by atoms with Gasteiger partial charge >= 0.3 is 0 Å². The fourth-order valence-electron chi connectivity index (χ4n) is 3.39. The van der Waals surface area contributed by atoms with Crippen LogP contribution in [0.4, 0.5) is 0 Å². The molecule has 0 spiro atoms. The molecule has 1 aromatic carbocycles. The Morgan fingerprint density at radius 3 is 2.42 bits per heavy atom. The first-order valence-corrected chi connectivity index (χ1v) is 7.93. The molecule has 2 aliphatic carbocycles. The molecule has 2 fully saturated rings. The third kappa shape index (κ3) is 2.36. The molecule has 4 heteroatoms. The van der Waals surface area contributed by atoms with Crippen LogP contribution >= 0.6 is 27.5 Å². The number of hydrogen-bond donors (Lipinski definition) is 0. The van der Waals surface area contributed by atoms with E-state index in [1.165, 1.54) is 19.3 Å². The molecule has 3 unspecified atom stereocenters. The van der Waals surface area contributed by atoms with Crippen LogP contribution in [-0.4, -0.2) is 14.2 Å². The van der Waals surface area contributed by atoms with Gasteiger partial charge in [0.2, 0.25) is 0 Å². The molecule has 0 bridgehead atoms. The highest BCUT2D eigenvalue weighted by atomic mass is 79.9. The van der Waals surface area contributed by atoms with Gasteiger partial charge in [-0.2, -0.15) is 0 Å². The molecule has 19 heavy (non-hydrogen) atoms. The zero-order valence-electron chi connectivity index (χ0n) is 11.2. The van der Waals surface area contributed by atoms with Gasteiger partial charge in [0, 0.05) is 5.56 Å². The second-order valence-electron chi connectivity index (χ2n) is 5.59. The van der Waals surface area contributed by atoms with E-state index < -0.39 is 0 Å². The minimum absolute atomic E-state index is 0.0324. The maximum atomic E-state index is 6.71. The number of alkyl halides is 1. The van der Waals surface area contributed by atoms with Gasteiger partial charge in [-0.25, -0.2) is 0 Å². The van der Waals surface area contributed by atoms with Crippen LogP contribution in [0.2, 0.25) is 0 Å². The summed E-state index contributed by atoms with van der Waals surface area (Å²) < 4.78 is 11.7. The molecule has 2 aliphatic rings. The first-order chi connectivity index (χ1) is 9.15. The van der Waals surface area contributed by atoms with Crippen molar-refractivity contribution in [3.63, 3.8) is 0 Å². The van der Waals surface area contributed by atoms with Crippen LogP contribution in [0.5, 0.6) is 11.5 Å². The number of benzene rings is 1. The summed E-state index contributed by atoms with van der Waals surface area (Å²) in [5.41, 5.74) is 1.07. The third-order valence-corrected chi connectivity index (χ3v) is 5.85. The van der Waals surface area contributed by atoms with Crippen molar-refractivity contribution >= 4 is 27.5 Å². The number of rotatable bonds is 4. The highest BCUT2D eigenvalue weighted by Gasteiger charge is 2.48. The number of fused-ring (bicyclic) bond motifs is 1. The van der Waals surface area contributed by atoms with Crippen molar-refractivity contribution in [1.29, 1.82) is 0 Å². The standard InChI is InChI=1S/C15H18BrClO2/c1-18-12-4-3-11(15(19-2)13(12)16)14(17)10-6-8-5-9(8)7-10/h3-4,8-10,14H,5-7H2,1-2H3. The molecular formula is C15H18BrClO2. The summed E-state index contributed by atoms with van der Waals surface area (Å²) in [6.45, 7) is 0. The number of ether oxygens (including phenoxy) is 2. The second-order valence-corrected chi connectivity index (χ2v) is 6.86. The first-order valence-electron chi connectivity index (χ1n) is 6.70. The summed E-state index contributed by atoms with van der Waals surface area (Å²) in [7, 11) is 3.33. The van der Waals surface area contributed by atoms with E-state index in [1.807, 2.05) is 12.1 Å². The topological polar surface area (TPSA) is 18.5 Å². The fraction of sp³-hybridized carbons (Fsp3) is 0.600. The maximum absolute atomic E-state index is 6.71. The summed E-state index contributed by atoms with van der Waals surface area (Å²) in [4.78, 5) is 0. The molecule has 104 valence electrons. The van der Waals surface area contributed by atoms with E-state index in [0.29, 0.717) is 5.92 Å². The normalized spacial score (nSPS) is 29.8. The molecule has 3 atom stereocenters. The monoisotopic (exact) mass is 344 g/mol. The van der Waals surface area contributed by atoms with Gasteiger partial charge in [-0.1, -0.05) is 6.07 Å². The lowest BCUT2D eigenvalue weighted by Gasteiger charge is -2.22. The lowest BCUT2D eigenvalue weighted by molar-refractivity contribution is 0.379. The Morgan fingerprint density at radius 2 is 1.84 bits per heavy atom. The molecule has 0 heterocycles. The molecule has 0 saturated heterocycles. The number of hydrogen-bond acceptors (Lipinski definition) is 2. The second kappa shape index (κ2) is 5.17. The van der Waals surface area contributed by atoms with Crippen molar-refractivity contribution in [3.05, 3.63) is 22.2 Å². The highest BCUT2D eigenvalue weighted by Crippen LogP contribution is 2.59. The summed E-state index contributed by atoms with van der Waals surface area (Å²) in [5.74, 6) is 4.05. The van der Waals surface area contributed by atoms with E-state index >= 15 is 0 Å². The highest BCUT2D eigenvalue weighted by molar-refractivity contribution is 9.10. The Morgan fingerprint density at radius 1 is 1.16 bits per heavy atom. The van der Waals surface area contributed by atoms with Crippen molar-refractivity contribution < 1.29 is 9.47 Å². The van der Waals surface area contributed by atoms with Gasteiger partial charge < -0.3 is 9.47 Å². The summed E-state index contributed by atoms with van der Waals surface area (Å²) in [6, 6.07) is 3.98. The Bertz CT molecular complexity index is 481. The van der Waals surface area contributed by atoms with Gasteiger partial charge in [0.05, 0.1) is 19.6 Å². The van der Waals surface area contributed by atoms with Crippen molar-refractivity contribution in [2.45, 2.75) is 24.6 Å². The fourth-order valence-corrected chi connectivity index (χ4v) is 4.45. The van der Waals surface area contributed by atoms with Gasteiger partial charge in [0.15, 0.2) is 0 Å². The predicted molar refractivity (Wildman–Crippen MR) is 80.2 cm³/mol. The number of halogens is 2. The van der Waals surface area contributed by atoms with Crippen LogP contribution in [0.3, 0.4) is 0 Å². The molecule has 3 rings (SSSR count). The first kappa shape index (κ1) is 13.6. The van der Waals surface area contributed by atoms with Gasteiger partial charge in [-0.15, -0.1) is 11.6 Å². The molecule has 1 aromatic rings. The maximum Gasteiger partial charge on any atom is 0.141 e. The SMILES string of the molecule is COc1ccc(C(Cl)C2CC3CC3C2)c(OC)c1Br. The predicted octanol–water partition coefficient (Wildman–Crippen LogP) is 4.79. The molecule has 0 amide bonds. The quantitative estimate of drug-likeness (QED) is 0.730. The Kier molecular flexibility index (Phi) is 3.69. The van der Waals surface area contributed by atoms with E-state index in [1.54, 1.807) is 14.2 Å². The molecular weight excluding hydrogens is 328 g/mol. The van der Waals surface area contributed by atoms with E-state index in [0.717, 1.165) is 33.4 Å². The smallest absolute Gasteiger partial charge is 0.141 e. The molecule has 0 radical (unpaired) electrons. The lowest BCUT2D eigenvalue weighted by atomic mass is 9.93.